The van der Waals surface area contributed by atoms with E-state index in [4.69, 9.17) is 4.74 Å². The lowest BCUT2D eigenvalue weighted by atomic mass is 10.3. The van der Waals surface area contributed by atoms with Gasteiger partial charge in [0.2, 0.25) is 0 Å². The van der Waals surface area contributed by atoms with Crippen LogP contribution in [0.1, 0.15) is 12.0 Å². The third-order valence-electron chi connectivity index (χ3n) is 2.21. The molecular formula is C11H19N3O2. The van der Waals surface area contributed by atoms with Gasteiger partial charge in [-0.1, -0.05) is 0 Å². The van der Waals surface area contributed by atoms with Gasteiger partial charge in [-0.3, -0.25) is 4.79 Å². The lowest BCUT2D eigenvalue weighted by Crippen LogP contribution is -2.29. The Hall–Kier alpha value is -1.20. The van der Waals surface area contributed by atoms with E-state index in [-0.39, 0.29) is 5.56 Å². The molecule has 0 aliphatic heterocycles. The molecule has 0 aliphatic rings. The van der Waals surface area contributed by atoms with E-state index >= 15 is 0 Å². The van der Waals surface area contributed by atoms with Crippen LogP contribution in [0.4, 0.5) is 0 Å². The van der Waals surface area contributed by atoms with Gasteiger partial charge in [0, 0.05) is 26.3 Å². The van der Waals surface area contributed by atoms with Gasteiger partial charge in [-0.05, 0) is 25.5 Å². The van der Waals surface area contributed by atoms with Crippen LogP contribution in [0.25, 0.3) is 0 Å². The van der Waals surface area contributed by atoms with Gasteiger partial charge in [-0.2, -0.15) is 5.10 Å². The van der Waals surface area contributed by atoms with Crippen molar-refractivity contribution in [3.63, 3.8) is 0 Å². The zero-order chi connectivity index (χ0) is 11.8. The highest BCUT2D eigenvalue weighted by molar-refractivity contribution is 5.02. The minimum atomic E-state index is -0.0429. The zero-order valence-electron chi connectivity index (χ0n) is 9.90. The van der Waals surface area contributed by atoms with Gasteiger partial charge >= 0.3 is 0 Å². The van der Waals surface area contributed by atoms with E-state index < -0.39 is 0 Å². The number of hydrogen-bond acceptors (Lipinski definition) is 4. The van der Waals surface area contributed by atoms with E-state index in [1.54, 1.807) is 19.4 Å². The second-order valence-electron chi connectivity index (χ2n) is 3.69. The molecule has 1 aromatic rings. The van der Waals surface area contributed by atoms with E-state index in [1.807, 2.05) is 6.92 Å². The van der Waals surface area contributed by atoms with Crippen LogP contribution in [0, 0.1) is 6.92 Å². The summed E-state index contributed by atoms with van der Waals surface area (Å²) in [4.78, 5) is 11.5. The van der Waals surface area contributed by atoms with Crippen molar-refractivity contribution in [3.8, 4) is 0 Å². The van der Waals surface area contributed by atoms with Gasteiger partial charge in [0.05, 0.1) is 12.7 Å². The number of nitrogens with zero attached hydrogens (tertiary/aromatic N) is 2. The number of rotatable bonds is 7. The summed E-state index contributed by atoms with van der Waals surface area (Å²) in [6.45, 7) is 4.87. The molecule has 5 heteroatoms. The highest BCUT2D eigenvalue weighted by Gasteiger charge is 1.96. The molecule has 1 heterocycles. The molecule has 90 valence electrons. The summed E-state index contributed by atoms with van der Waals surface area (Å²) in [5, 5.41) is 7.28. The summed E-state index contributed by atoms with van der Waals surface area (Å²) < 4.78 is 6.40. The fraction of sp³-hybridized carbons (Fsp3) is 0.636. The first kappa shape index (κ1) is 12.9. The standard InChI is InChI=1S/C11H19N3O2/c1-10-8-11(15)14(13-9-10)6-5-12-4-3-7-16-2/h8-9,12H,3-7H2,1-2H3. The van der Waals surface area contributed by atoms with E-state index in [1.165, 1.54) is 4.68 Å². The highest BCUT2D eigenvalue weighted by Crippen LogP contribution is 1.86. The fourth-order valence-electron chi connectivity index (χ4n) is 1.34. The SMILES string of the molecule is COCCCNCCn1ncc(C)cc1=O. The number of nitrogens with one attached hydrogen (secondary N) is 1. The van der Waals surface area contributed by atoms with Crippen molar-refractivity contribution in [1.82, 2.24) is 15.1 Å². The zero-order valence-corrected chi connectivity index (χ0v) is 9.90. The first-order valence-electron chi connectivity index (χ1n) is 5.47. The van der Waals surface area contributed by atoms with Gasteiger partial charge in [-0.25, -0.2) is 4.68 Å². The molecule has 0 spiro atoms. The predicted octanol–water partition coefficient (Wildman–Crippen LogP) is 0.178. The molecule has 0 aromatic carbocycles. The lowest BCUT2D eigenvalue weighted by Gasteiger charge is -2.06. The molecular weight excluding hydrogens is 206 g/mol. The lowest BCUT2D eigenvalue weighted by molar-refractivity contribution is 0.194. The largest absolute Gasteiger partial charge is 0.385 e. The summed E-state index contributed by atoms with van der Waals surface area (Å²) in [5.41, 5.74) is 0.855. The minimum absolute atomic E-state index is 0.0429. The van der Waals surface area contributed by atoms with Crippen LogP contribution in [-0.4, -0.2) is 36.6 Å². The van der Waals surface area contributed by atoms with Gasteiger partial charge in [0.15, 0.2) is 0 Å². The Morgan fingerprint density at radius 1 is 1.50 bits per heavy atom. The van der Waals surface area contributed by atoms with Crippen LogP contribution in [0.15, 0.2) is 17.1 Å². The maximum Gasteiger partial charge on any atom is 0.267 e. The Labute approximate surface area is 95.4 Å². The molecule has 0 aliphatic carbocycles. The number of aryl methyl sites for hydroxylation is 1. The van der Waals surface area contributed by atoms with E-state index in [9.17, 15) is 4.79 Å². The Morgan fingerprint density at radius 3 is 3.00 bits per heavy atom. The van der Waals surface area contributed by atoms with Crippen LogP contribution in [0.2, 0.25) is 0 Å². The van der Waals surface area contributed by atoms with Crippen molar-refractivity contribution >= 4 is 0 Å². The summed E-state index contributed by atoms with van der Waals surface area (Å²) in [6, 6.07) is 1.60. The van der Waals surface area contributed by atoms with Crippen LogP contribution in [-0.2, 0) is 11.3 Å². The molecule has 1 rings (SSSR count). The fourth-order valence-corrected chi connectivity index (χ4v) is 1.34. The highest BCUT2D eigenvalue weighted by atomic mass is 16.5. The molecule has 0 fully saturated rings. The predicted molar refractivity (Wildman–Crippen MR) is 62.6 cm³/mol. The Kier molecular flexibility index (Phi) is 5.74. The molecule has 0 bridgehead atoms. The average molecular weight is 225 g/mol. The summed E-state index contributed by atoms with van der Waals surface area (Å²) in [6.07, 6.45) is 2.68. The molecule has 0 unspecified atom stereocenters. The maximum atomic E-state index is 11.5. The second kappa shape index (κ2) is 7.14. The van der Waals surface area contributed by atoms with Gasteiger partial charge in [0.25, 0.3) is 5.56 Å². The topological polar surface area (TPSA) is 56.1 Å². The first-order chi connectivity index (χ1) is 7.74. The van der Waals surface area contributed by atoms with Crippen LogP contribution >= 0.6 is 0 Å². The molecule has 16 heavy (non-hydrogen) atoms. The minimum Gasteiger partial charge on any atom is -0.385 e. The number of hydrogen-bond donors (Lipinski definition) is 1. The summed E-state index contributed by atoms with van der Waals surface area (Å²) in [5.74, 6) is 0. The molecule has 0 saturated heterocycles. The number of ether oxygens (including phenoxy) is 1. The smallest absolute Gasteiger partial charge is 0.267 e. The van der Waals surface area contributed by atoms with Gasteiger partial charge in [-0.15, -0.1) is 0 Å². The summed E-state index contributed by atoms with van der Waals surface area (Å²) in [7, 11) is 1.69. The number of aromatic nitrogens is 2. The van der Waals surface area contributed by atoms with Gasteiger partial charge < -0.3 is 10.1 Å². The Balaban J connectivity index is 2.24. The third-order valence-corrected chi connectivity index (χ3v) is 2.21. The quantitative estimate of drug-likeness (QED) is 0.672. The molecule has 1 aromatic heterocycles. The second-order valence-corrected chi connectivity index (χ2v) is 3.69. The van der Waals surface area contributed by atoms with E-state index in [0.29, 0.717) is 6.54 Å². The van der Waals surface area contributed by atoms with Crippen molar-refractivity contribution in [2.75, 3.05) is 26.8 Å². The normalized spacial score (nSPS) is 10.6. The molecule has 0 radical (unpaired) electrons. The molecule has 0 atom stereocenters. The monoisotopic (exact) mass is 225 g/mol. The van der Waals surface area contributed by atoms with Crippen molar-refractivity contribution in [3.05, 3.63) is 28.2 Å². The van der Waals surface area contributed by atoms with E-state index in [0.717, 1.165) is 31.7 Å². The Bertz CT molecular complexity index is 362. The van der Waals surface area contributed by atoms with Crippen molar-refractivity contribution in [2.24, 2.45) is 0 Å². The molecule has 0 amide bonds. The van der Waals surface area contributed by atoms with Crippen molar-refractivity contribution < 1.29 is 4.74 Å². The molecule has 5 nitrogen and oxygen atoms in total. The molecule has 0 saturated carbocycles. The maximum absolute atomic E-state index is 11.5. The summed E-state index contributed by atoms with van der Waals surface area (Å²) >= 11 is 0. The molecule has 1 N–H and O–H groups in total. The first-order valence-corrected chi connectivity index (χ1v) is 5.47. The number of methoxy groups -OCH3 is 1. The van der Waals surface area contributed by atoms with Crippen LogP contribution < -0.4 is 10.9 Å². The van der Waals surface area contributed by atoms with E-state index in [2.05, 4.69) is 10.4 Å². The van der Waals surface area contributed by atoms with Crippen LogP contribution in [0.5, 0.6) is 0 Å². The third kappa shape index (κ3) is 4.55. The van der Waals surface area contributed by atoms with Crippen molar-refractivity contribution in [2.45, 2.75) is 19.9 Å². The average Bonchev–Trinajstić information content (AvgIpc) is 2.26. The van der Waals surface area contributed by atoms with Crippen molar-refractivity contribution in [1.29, 1.82) is 0 Å². The van der Waals surface area contributed by atoms with Crippen LogP contribution in [0.3, 0.4) is 0 Å². The van der Waals surface area contributed by atoms with Gasteiger partial charge in [0.1, 0.15) is 0 Å². The Morgan fingerprint density at radius 2 is 2.31 bits per heavy atom.